The zero-order valence-electron chi connectivity index (χ0n) is 20.5. The maximum absolute atomic E-state index is 13.2. The summed E-state index contributed by atoms with van der Waals surface area (Å²) in [5, 5.41) is 2.69. The number of hydrogen-bond acceptors (Lipinski definition) is 5. The molecular weight excluding hydrogens is 460 g/mol. The number of nitrogens with zero attached hydrogens (tertiary/aromatic N) is 1. The average molecular weight is 493 g/mol. The van der Waals surface area contributed by atoms with Crippen LogP contribution in [0.2, 0.25) is 0 Å². The lowest BCUT2D eigenvalue weighted by Gasteiger charge is -2.28. The van der Waals surface area contributed by atoms with E-state index in [0.717, 1.165) is 53.1 Å². The molecule has 1 heterocycles. The molecule has 7 heteroatoms. The number of anilines is 1. The number of carbonyl (C=O) groups is 1. The Balaban J connectivity index is 1.51. The highest BCUT2D eigenvalue weighted by atomic mass is 32.2. The van der Waals surface area contributed by atoms with E-state index in [1.54, 1.807) is 31.4 Å². The van der Waals surface area contributed by atoms with Crippen LogP contribution in [0.1, 0.15) is 35.1 Å². The van der Waals surface area contributed by atoms with E-state index in [1.165, 1.54) is 0 Å². The van der Waals surface area contributed by atoms with Crippen LogP contribution in [0, 0.1) is 13.8 Å². The van der Waals surface area contributed by atoms with Crippen molar-refractivity contribution in [2.24, 2.45) is 0 Å². The maximum atomic E-state index is 13.2. The molecule has 0 aliphatic carbocycles. The van der Waals surface area contributed by atoms with Gasteiger partial charge in [-0.05, 0) is 80.1 Å². The Morgan fingerprint density at radius 2 is 1.69 bits per heavy atom. The van der Waals surface area contributed by atoms with Gasteiger partial charge in [-0.1, -0.05) is 42.0 Å². The molecule has 6 nitrogen and oxygen atoms in total. The second kappa shape index (κ2) is 10.5. The van der Waals surface area contributed by atoms with E-state index in [1.807, 2.05) is 38.1 Å². The fourth-order valence-electron chi connectivity index (χ4n) is 4.49. The second-order valence-electron chi connectivity index (χ2n) is 9.12. The van der Waals surface area contributed by atoms with Gasteiger partial charge >= 0.3 is 0 Å². The maximum Gasteiger partial charge on any atom is 0.243 e. The van der Waals surface area contributed by atoms with E-state index in [4.69, 9.17) is 4.74 Å². The largest absolute Gasteiger partial charge is 0.497 e. The summed E-state index contributed by atoms with van der Waals surface area (Å²) in [6.45, 7) is 4.70. The molecule has 0 spiro atoms. The first-order chi connectivity index (χ1) is 16.8. The molecule has 0 saturated carbocycles. The molecule has 3 aromatic rings. The van der Waals surface area contributed by atoms with Crippen molar-refractivity contribution in [3.8, 4) is 5.75 Å². The van der Waals surface area contributed by atoms with Crippen LogP contribution in [0.15, 0.2) is 71.6 Å². The van der Waals surface area contributed by atoms with Crippen LogP contribution in [0.5, 0.6) is 5.75 Å². The van der Waals surface area contributed by atoms with Crippen molar-refractivity contribution in [3.63, 3.8) is 0 Å². The topological polar surface area (TPSA) is 75.7 Å². The summed E-state index contributed by atoms with van der Waals surface area (Å²) >= 11 is 0. The number of amides is 1. The van der Waals surface area contributed by atoms with Gasteiger partial charge in [-0.25, -0.2) is 8.42 Å². The van der Waals surface area contributed by atoms with Crippen LogP contribution < -0.4 is 15.0 Å². The van der Waals surface area contributed by atoms with Crippen LogP contribution >= 0.6 is 0 Å². The minimum atomic E-state index is -3.61. The first-order valence-electron chi connectivity index (χ1n) is 11.8. The smallest absolute Gasteiger partial charge is 0.243 e. The van der Waals surface area contributed by atoms with Gasteiger partial charge in [-0.15, -0.1) is 0 Å². The van der Waals surface area contributed by atoms with Crippen molar-refractivity contribution in [3.05, 3.63) is 89.0 Å². The Hall–Kier alpha value is -3.32. The minimum Gasteiger partial charge on any atom is -0.497 e. The normalized spacial score (nSPS) is 15.7. The molecule has 1 saturated heterocycles. The lowest BCUT2D eigenvalue weighted by atomic mass is 10.00. The van der Waals surface area contributed by atoms with Crippen molar-refractivity contribution < 1.29 is 17.9 Å². The molecule has 4 rings (SSSR count). The minimum absolute atomic E-state index is 0.215. The second-order valence-corrected chi connectivity index (χ2v) is 11.1. The molecule has 3 aromatic carbocycles. The van der Waals surface area contributed by atoms with E-state index in [0.29, 0.717) is 6.42 Å². The summed E-state index contributed by atoms with van der Waals surface area (Å²) in [5.41, 5.74) is 5.41. The third-order valence-electron chi connectivity index (χ3n) is 6.48. The van der Waals surface area contributed by atoms with Gasteiger partial charge in [0.15, 0.2) is 9.84 Å². The van der Waals surface area contributed by atoms with E-state index in [2.05, 4.69) is 28.4 Å². The highest BCUT2D eigenvalue weighted by Crippen LogP contribution is 2.31. The standard InChI is InChI=1S/C28H32N2O4S/c1-20-7-14-25(15-8-20)35(32,33)19-29-28(31)26-5-4-16-30(26)27-17-21(2)6-11-23(27)18-22-9-12-24(34-3)13-10-22/h6-15,17,26H,4-5,16,18-19H2,1-3H3,(H,29,31). The molecule has 0 radical (unpaired) electrons. The van der Waals surface area contributed by atoms with Gasteiger partial charge in [-0.2, -0.15) is 0 Å². The number of rotatable bonds is 8. The molecule has 1 fully saturated rings. The monoisotopic (exact) mass is 492 g/mol. The fraction of sp³-hybridized carbons (Fsp3) is 0.321. The number of hydrogen-bond donors (Lipinski definition) is 1. The predicted molar refractivity (Wildman–Crippen MR) is 139 cm³/mol. The fourth-order valence-corrected chi connectivity index (χ4v) is 5.54. The zero-order valence-corrected chi connectivity index (χ0v) is 21.3. The summed E-state index contributed by atoms with van der Waals surface area (Å²) < 4.78 is 30.7. The van der Waals surface area contributed by atoms with Gasteiger partial charge in [0.1, 0.15) is 17.7 Å². The number of carbonyl (C=O) groups excluding carboxylic acids is 1. The summed E-state index contributed by atoms with van der Waals surface area (Å²) in [6.07, 6.45) is 2.29. The van der Waals surface area contributed by atoms with Crippen molar-refractivity contribution in [1.29, 1.82) is 0 Å². The molecule has 184 valence electrons. The lowest BCUT2D eigenvalue weighted by molar-refractivity contribution is -0.121. The summed E-state index contributed by atoms with van der Waals surface area (Å²) in [4.78, 5) is 15.5. The van der Waals surface area contributed by atoms with Crippen LogP contribution in [-0.4, -0.2) is 39.9 Å². The van der Waals surface area contributed by atoms with Gasteiger partial charge in [0.05, 0.1) is 12.0 Å². The number of sulfone groups is 1. The van der Waals surface area contributed by atoms with Crippen molar-refractivity contribution >= 4 is 21.4 Å². The first kappa shape index (κ1) is 24.8. The quantitative estimate of drug-likeness (QED) is 0.504. The van der Waals surface area contributed by atoms with Crippen molar-refractivity contribution in [1.82, 2.24) is 5.32 Å². The molecule has 1 unspecified atom stereocenters. The number of aryl methyl sites for hydroxylation is 2. The number of methoxy groups -OCH3 is 1. The van der Waals surface area contributed by atoms with Crippen molar-refractivity contribution in [2.45, 2.75) is 44.0 Å². The Morgan fingerprint density at radius 1 is 1.00 bits per heavy atom. The predicted octanol–water partition coefficient (Wildman–Crippen LogP) is 4.42. The van der Waals surface area contributed by atoms with Gasteiger partial charge in [0.2, 0.25) is 5.91 Å². The van der Waals surface area contributed by atoms with Crippen LogP contribution in [0.3, 0.4) is 0 Å². The third-order valence-corrected chi connectivity index (χ3v) is 7.99. The molecule has 1 N–H and O–H groups in total. The van der Waals surface area contributed by atoms with Gasteiger partial charge < -0.3 is 15.0 Å². The van der Waals surface area contributed by atoms with E-state index in [9.17, 15) is 13.2 Å². The van der Waals surface area contributed by atoms with Crippen LogP contribution in [0.4, 0.5) is 5.69 Å². The zero-order chi connectivity index (χ0) is 25.0. The van der Waals surface area contributed by atoms with Crippen LogP contribution in [0.25, 0.3) is 0 Å². The summed E-state index contributed by atoms with van der Waals surface area (Å²) in [5.74, 6) is 0.149. The Kier molecular flexibility index (Phi) is 7.45. The molecule has 1 aliphatic rings. The Bertz CT molecular complexity index is 1290. The lowest BCUT2D eigenvalue weighted by Crippen LogP contribution is -2.45. The number of ether oxygens (including phenoxy) is 1. The van der Waals surface area contributed by atoms with E-state index < -0.39 is 21.8 Å². The van der Waals surface area contributed by atoms with Gasteiger partial charge in [0, 0.05) is 12.2 Å². The molecule has 0 aromatic heterocycles. The van der Waals surface area contributed by atoms with Crippen molar-refractivity contribution in [2.75, 3.05) is 24.4 Å². The van der Waals surface area contributed by atoms with Gasteiger partial charge in [0.25, 0.3) is 0 Å². The molecule has 1 amide bonds. The Morgan fingerprint density at radius 3 is 2.37 bits per heavy atom. The summed E-state index contributed by atoms with van der Waals surface area (Å²) in [7, 11) is -1.96. The van der Waals surface area contributed by atoms with E-state index in [-0.39, 0.29) is 10.8 Å². The third kappa shape index (κ3) is 5.85. The number of benzene rings is 3. The molecule has 0 bridgehead atoms. The SMILES string of the molecule is COc1ccc(Cc2ccc(C)cc2N2CCCC2C(=O)NCS(=O)(=O)c2ccc(C)cc2)cc1. The molecular formula is C28H32N2O4S. The van der Waals surface area contributed by atoms with E-state index >= 15 is 0 Å². The summed E-state index contributed by atoms with van der Waals surface area (Å²) in [6, 6.07) is 20.6. The highest BCUT2D eigenvalue weighted by Gasteiger charge is 2.32. The molecule has 1 aliphatic heterocycles. The molecule has 1 atom stereocenters. The first-order valence-corrected chi connectivity index (χ1v) is 13.5. The Labute approximate surface area is 207 Å². The number of nitrogens with one attached hydrogen (secondary N) is 1. The average Bonchev–Trinajstić information content (AvgIpc) is 3.34. The van der Waals surface area contributed by atoms with Gasteiger partial charge in [-0.3, -0.25) is 4.79 Å². The van der Waals surface area contributed by atoms with Crippen LogP contribution in [-0.2, 0) is 21.1 Å². The molecule has 35 heavy (non-hydrogen) atoms. The highest BCUT2D eigenvalue weighted by molar-refractivity contribution is 7.91.